The molecule has 4 rings (SSSR count). The highest BCUT2D eigenvalue weighted by Crippen LogP contribution is 2.51. The molecule has 2 aromatic rings. The topological polar surface area (TPSA) is 46.8 Å². The molecule has 0 saturated heterocycles. The lowest BCUT2D eigenvalue weighted by molar-refractivity contribution is 0.485. The van der Waals surface area contributed by atoms with Crippen LogP contribution in [0.15, 0.2) is 40.1 Å². The molecule has 5 nitrogen and oxygen atoms in total. The van der Waals surface area contributed by atoms with Crippen molar-refractivity contribution in [3.05, 3.63) is 46.4 Å². The van der Waals surface area contributed by atoms with Gasteiger partial charge in [-0.3, -0.25) is 9.99 Å². The highest BCUT2D eigenvalue weighted by molar-refractivity contribution is 8.07. The Kier molecular flexibility index (Phi) is 2.84. The van der Waals surface area contributed by atoms with Crippen LogP contribution in [0.3, 0.4) is 0 Å². The van der Waals surface area contributed by atoms with Crippen LogP contribution >= 0.6 is 23.5 Å². The molecule has 2 aromatic heterocycles. The van der Waals surface area contributed by atoms with Crippen LogP contribution in [0.25, 0.3) is 0 Å². The molecular weight excluding hydrogens is 302 g/mol. The zero-order valence-electron chi connectivity index (χ0n) is 12.0. The Morgan fingerprint density at radius 3 is 2.81 bits per heavy atom. The van der Waals surface area contributed by atoms with Crippen LogP contribution in [0.2, 0.25) is 0 Å². The summed E-state index contributed by atoms with van der Waals surface area (Å²) >= 11 is 3.48. The number of hydrogen-bond donors (Lipinski definition) is 0. The fourth-order valence-electron chi connectivity index (χ4n) is 2.45. The molecule has 1 unspecified atom stereocenters. The Labute approximate surface area is 131 Å². The smallest absolute Gasteiger partial charge is 0.216 e. The van der Waals surface area contributed by atoms with Gasteiger partial charge in [0.15, 0.2) is 5.82 Å². The summed E-state index contributed by atoms with van der Waals surface area (Å²) in [7, 11) is 0. The molecule has 0 spiro atoms. The van der Waals surface area contributed by atoms with Gasteiger partial charge in [0, 0.05) is 28.8 Å². The highest BCUT2D eigenvalue weighted by Gasteiger charge is 2.41. The van der Waals surface area contributed by atoms with Gasteiger partial charge in [-0.2, -0.15) is 0 Å². The second-order valence-corrected chi connectivity index (χ2v) is 7.99. The van der Waals surface area contributed by atoms with Crippen LogP contribution in [0.1, 0.15) is 37.5 Å². The lowest BCUT2D eigenvalue weighted by atomic mass is 9.96. The number of aromatic nitrogens is 4. The minimum atomic E-state index is -0.0476. The Bertz CT molecular complexity index is 717. The Balaban J connectivity index is 1.81. The lowest BCUT2D eigenvalue weighted by Crippen LogP contribution is -2.34. The number of fused-ring (bicyclic) bond motifs is 3. The molecule has 21 heavy (non-hydrogen) atoms. The molecule has 0 radical (unpaired) electrons. The van der Waals surface area contributed by atoms with Crippen LogP contribution in [0, 0.1) is 0 Å². The number of thioether (sulfide) groups is 2. The van der Waals surface area contributed by atoms with E-state index in [0.29, 0.717) is 0 Å². The third-order valence-corrected chi connectivity index (χ3v) is 5.60. The van der Waals surface area contributed by atoms with Gasteiger partial charge in [-0.05, 0) is 17.8 Å². The minimum Gasteiger partial charge on any atom is -0.264 e. The summed E-state index contributed by atoms with van der Waals surface area (Å²) in [5, 5.41) is 15.6. The maximum Gasteiger partial charge on any atom is 0.216 e. The van der Waals surface area contributed by atoms with Gasteiger partial charge in [-0.25, -0.2) is 4.68 Å². The first-order chi connectivity index (χ1) is 10.1. The number of rotatable bonds is 1. The van der Waals surface area contributed by atoms with Crippen molar-refractivity contribution >= 4 is 23.5 Å². The van der Waals surface area contributed by atoms with E-state index < -0.39 is 0 Å². The van der Waals surface area contributed by atoms with Gasteiger partial charge < -0.3 is 0 Å². The average Bonchev–Trinajstić information content (AvgIpc) is 3.08. The maximum absolute atomic E-state index is 4.40. The first kappa shape index (κ1) is 13.2. The van der Waals surface area contributed by atoms with E-state index in [9.17, 15) is 0 Å². The van der Waals surface area contributed by atoms with Gasteiger partial charge in [-0.1, -0.05) is 38.6 Å². The van der Waals surface area contributed by atoms with Gasteiger partial charge in [-0.15, -0.1) is 10.2 Å². The van der Waals surface area contributed by atoms with Crippen LogP contribution < -0.4 is 5.01 Å². The molecule has 0 aromatic carbocycles. The molecule has 2 aliphatic heterocycles. The largest absolute Gasteiger partial charge is 0.264 e. The third-order valence-electron chi connectivity index (χ3n) is 3.41. The van der Waals surface area contributed by atoms with Crippen molar-refractivity contribution in [2.45, 2.75) is 36.7 Å². The lowest BCUT2D eigenvalue weighted by Gasteiger charge is -2.28. The van der Waals surface area contributed by atoms with Gasteiger partial charge in [0.25, 0.3) is 0 Å². The maximum atomic E-state index is 4.40. The van der Waals surface area contributed by atoms with E-state index in [0.717, 1.165) is 11.0 Å². The predicted molar refractivity (Wildman–Crippen MR) is 85.4 cm³/mol. The molecule has 0 fully saturated rings. The van der Waals surface area contributed by atoms with Crippen molar-refractivity contribution in [1.82, 2.24) is 19.9 Å². The fraction of sp³-hybridized carbons (Fsp3) is 0.357. The SMILES string of the molecule is CC(C)(C)c1nnc2n1N1C(=CSC1c1cccnc1)S2. The molecule has 0 saturated carbocycles. The second kappa shape index (κ2) is 4.51. The molecule has 0 aliphatic carbocycles. The summed E-state index contributed by atoms with van der Waals surface area (Å²) in [5.41, 5.74) is 1.14. The molecule has 0 bridgehead atoms. The van der Waals surface area contributed by atoms with E-state index in [1.54, 1.807) is 29.7 Å². The standard InChI is InChI=1S/C14H15N5S2/c1-14(2,3)12-16-17-13-19(12)18-10(21-13)8-20-11(18)9-5-4-6-15-7-9/h4-8,11H,1-3H3. The van der Waals surface area contributed by atoms with Crippen LogP contribution in [0.4, 0.5) is 0 Å². The molecule has 1 atom stereocenters. The van der Waals surface area contributed by atoms with E-state index in [-0.39, 0.29) is 10.8 Å². The van der Waals surface area contributed by atoms with Crippen molar-refractivity contribution in [2.75, 3.05) is 5.01 Å². The van der Waals surface area contributed by atoms with E-state index in [1.807, 2.05) is 12.3 Å². The first-order valence-electron chi connectivity index (χ1n) is 6.74. The summed E-state index contributed by atoms with van der Waals surface area (Å²) in [5.74, 6) is 0.991. The van der Waals surface area contributed by atoms with Crippen molar-refractivity contribution < 1.29 is 0 Å². The monoisotopic (exact) mass is 317 g/mol. The quantitative estimate of drug-likeness (QED) is 0.804. The van der Waals surface area contributed by atoms with E-state index >= 15 is 0 Å². The Morgan fingerprint density at radius 2 is 2.10 bits per heavy atom. The third kappa shape index (κ3) is 1.98. The Hall–Kier alpha value is -1.47. The van der Waals surface area contributed by atoms with E-state index in [4.69, 9.17) is 0 Å². The molecule has 4 heterocycles. The van der Waals surface area contributed by atoms with E-state index in [1.165, 1.54) is 10.6 Å². The normalized spacial score (nSPS) is 20.4. The fourth-order valence-corrected chi connectivity index (χ4v) is 4.66. The number of nitrogens with zero attached hydrogens (tertiary/aromatic N) is 5. The summed E-state index contributed by atoms with van der Waals surface area (Å²) in [6.07, 6.45) is 3.74. The van der Waals surface area contributed by atoms with Gasteiger partial charge >= 0.3 is 0 Å². The van der Waals surface area contributed by atoms with Crippen LogP contribution in [-0.4, -0.2) is 19.9 Å². The molecule has 108 valence electrons. The predicted octanol–water partition coefficient (Wildman–Crippen LogP) is 3.26. The summed E-state index contributed by atoms with van der Waals surface area (Å²) in [6.45, 7) is 6.50. The summed E-state index contributed by atoms with van der Waals surface area (Å²) in [4.78, 5) is 4.25. The van der Waals surface area contributed by atoms with Crippen molar-refractivity contribution in [3.8, 4) is 0 Å². The minimum absolute atomic E-state index is 0.0476. The van der Waals surface area contributed by atoms with Crippen molar-refractivity contribution in [1.29, 1.82) is 0 Å². The molecule has 2 aliphatic rings. The molecular formula is C14H15N5S2. The van der Waals surface area contributed by atoms with Gasteiger partial charge in [0.2, 0.25) is 5.16 Å². The zero-order chi connectivity index (χ0) is 14.6. The van der Waals surface area contributed by atoms with Crippen molar-refractivity contribution in [3.63, 3.8) is 0 Å². The zero-order valence-corrected chi connectivity index (χ0v) is 13.6. The van der Waals surface area contributed by atoms with Gasteiger partial charge in [0.05, 0.1) is 0 Å². The molecule has 0 amide bonds. The highest BCUT2D eigenvalue weighted by atomic mass is 32.2. The average molecular weight is 317 g/mol. The van der Waals surface area contributed by atoms with Crippen molar-refractivity contribution in [2.24, 2.45) is 0 Å². The van der Waals surface area contributed by atoms with E-state index in [2.05, 4.69) is 57.1 Å². The summed E-state index contributed by atoms with van der Waals surface area (Å²) < 4.78 is 2.16. The first-order valence-corrected chi connectivity index (χ1v) is 8.50. The summed E-state index contributed by atoms with van der Waals surface area (Å²) in [6, 6.07) is 4.10. The van der Waals surface area contributed by atoms with Gasteiger partial charge in [0.1, 0.15) is 10.4 Å². The molecule has 0 N–H and O–H groups in total. The Morgan fingerprint density at radius 1 is 1.24 bits per heavy atom. The number of pyridine rings is 1. The van der Waals surface area contributed by atoms with Crippen LogP contribution in [0.5, 0.6) is 0 Å². The number of hydrogen-bond acceptors (Lipinski definition) is 6. The second-order valence-electron chi connectivity index (χ2n) is 6.05. The molecule has 7 heteroatoms. The van der Waals surface area contributed by atoms with Crippen LogP contribution in [-0.2, 0) is 5.41 Å².